The summed E-state index contributed by atoms with van der Waals surface area (Å²) in [5.41, 5.74) is 0.834. The largest absolute Gasteiger partial charge is 0.497 e. The van der Waals surface area contributed by atoms with E-state index in [1.54, 1.807) is 23.8 Å². The Bertz CT molecular complexity index is 484. The van der Waals surface area contributed by atoms with Crippen molar-refractivity contribution in [2.24, 2.45) is 0 Å². The highest BCUT2D eigenvalue weighted by molar-refractivity contribution is 5.99. The SMILES string of the molecule is COc1ccc(N2CCN(C(C)=O)C(C)C2=O)cc1. The predicted molar refractivity (Wildman–Crippen MR) is 72.2 cm³/mol. The van der Waals surface area contributed by atoms with Crippen LogP contribution in [0.3, 0.4) is 0 Å². The Labute approximate surface area is 112 Å². The van der Waals surface area contributed by atoms with Gasteiger partial charge in [0.05, 0.1) is 7.11 Å². The van der Waals surface area contributed by atoms with Crippen LogP contribution >= 0.6 is 0 Å². The summed E-state index contributed by atoms with van der Waals surface area (Å²) in [4.78, 5) is 27.0. The van der Waals surface area contributed by atoms with E-state index >= 15 is 0 Å². The highest BCUT2D eigenvalue weighted by Crippen LogP contribution is 2.23. The van der Waals surface area contributed by atoms with Crippen molar-refractivity contribution in [2.45, 2.75) is 19.9 Å². The van der Waals surface area contributed by atoms with Gasteiger partial charge in [-0.15, -0.1) is 0 Å². The molecule has 1 atom stereocenters. The molecule has 102 valence electrons. The van der Waals surface area contributed by atoms with Gasteiger partial charge in [-0.2, -0.15) is 0 Å². The molecule has 0 bridgehead atoms. The van der Waals surface area contributed by atoms with E-state index in [-0.39, 0.29) is 11.8 Å². The average Bonchev–Trinajstić information content (AvgIpc) is 2.41. The molecule has 1 saturated heterocycles. The summed E-state index contributed by atoms with van der Waals surface area (Å²) in [6, 6.07) is 6.95. The predicted octanol–water partition coefficient (Wildman–Crippen LogP) is 1.28. The van der Waals surface area contributed by atoms with Gasteiger partial charge in [0.2, 0.25) is 11.8 Å². The van der Waals surface area contributed by atoms with Crippen molar-refractivity contribution in [1.82, 2.24) is 4.90 Å². The van der Waals surface area contributed by atoms with E-state index in [1.165, 1.54) is 6.92 Å². The number of piperazine rings is 1. The number of hydrogen-bond donors (Lipinski definition) is 0. The third-order valence-electron chi connectivity index (χ3n) is 3.44. The number of anilines is 1. The number of benzene rings is 1. The van der Waals surface area contributed by atoms with Gasteiger partial charge in [-0.25, -0.2) is 0 Å². The zero-order valence-electron chi connectivity index (χ0n) is 11.4. The Morgan fingerprint density at radius 3 is 2.42 bits per heavy atom. The number of carbonyl (C=O) groups is 2. The van der Waals surface area contributed by atoms with E-state index < -0.39 is 6.04 Å². The highest BCUT2D eigenvalue weighted by atomic mass is 16.5. The van der Waals surface area contributed by atoms with Crippen LogP contribution in [0.5, 0.6) is 5.75 Å². The molecule has 5 nitrogen and oxygen atoms in total. The lowest BCUT2D eigenvalue weighted by molar-refractivity contribution is -0.139. The third kappa shape index (κ3) is 2.54. The van der Waals surface area contributed by atoms with Crippen molar-refractivity contribution in [3.8, 4) is 5.75 Å². The minimum Gasteiger partial charge on any atom is -0.497 e. The maximum absolute atomic E-state index is 12.3. The first kappa shape index (κ1) is 13.4. The maximum Gasteiger partial charge on any atom is 0.249 e. The Balaban J connectivity index is 2.18. The minimum absolute atomic E-state index is 0.0494. The smallest absolute Gasteiger partial charge is 0.249 e. The number of hydrogen-bond acceptors (Lipinski definition) is 3. The van der Waals surface area contributed by atoms with Gasteiger partial charge >= 0.3 is 0 Å². The number of ether oxygens (including phenoxy) is 1. The summed E-state index contributed by atoms with van der Waals surface area (Å²) < 4.78 is 5.10. The molecule has 1 fully saturated rings. The number of carbonyl (C=O) groups excluding carboxylic acids is 2. The Morgan fingerprint density at radius 2 is 1.89 bits per heavy atom. The van der Waals surface area contributed by atoms with Crippen LogP contribution in [0.25, 0.3) is 0 Å². The molecule has 1 aliphatic heterocycles. The zero-order valence-corrected chi connectivity index (χ0v) is 11.4. The molecule has 0 spiro atoms. The molecule has 2 rings (SSSR count). The van der Waals surface area contributed by atoms with Gasteiger partial charge < -0.3 is 14.5 Å². The van der Waals surface area contributed by atoms with Crippen molar-refractivity contribution in [2.75, 3.05) is 25.1 Å². The monoisotopic (exact) mass is 262 g/mol. The molecule has 1 aliphatic rings. The molecule has 1 aromatic rings. The molecule has 5 heteroatoms. The van der Waals surface area contributed by atoms with Gasteiger partial charge in [-0.05, 0) is 31.2 Å². The van der Waals surface area contributed by atoms with Crippen LogP contribution in [0.2, 0.25) is 0 Å². The van der Waals surface area contributed by atoms with E-state index in [0.29, 0.717) is 13.1 Å². The Kier molecular flexibility index (Phi) is 3.74. The van der Waals surface area contributed by atoms with Crippen molar-refractivity contribution >= 4 is 17.5 Å². The van der Waals surface area contributed by atoms with Crippen molar-refractivity contribution in [3.63, 3.8) is 0 Å². The molecule has 2 amide bonds. The fourth-order valence-corrected chi connectivity index (χ4v) is 2.32. The van der Waals surface area contributed by atoms with Crippen LogP contribution in [-0.4, -0.2) is 43.0 Å². The standard InChI is InChI=1S/C14H18N2O3/c1-10-14(18)16(9-8-15(10)11(2)17)12-4-6-13(19-3)7-5-12/h4-7,10H,8-9H2,1-3H3. The number of nitrogens with zero attached hydrogens (tertiary/aromatic N) is 2. The minimum atomic E-state index is -0.409. The van der Waals surface area contributed by atoms with Crippen LogP contribution in [-0.2, 0) is 9.59 Å². The molecule has 0 aliphatic carbocycles. The van der Waals surface area contributed by atoms with Crippen LogP contribution < -0.4 is 9.64 Å². The number of rotatable bonds is 2. The van der Waals surface area contributed by atoms with Crippen molar-refractivity contribution in [3.05, 3.63) is 24.3 Å². The Morgan fingerprint density at radius 1 is 1.26 bits per heavy atom. The maximum atomic E-state index is 12.3. The molecule has 0 aromatic heterocycles. The summed E-state index contributed by atoms with van der Waals surface area (Å²) in [6.07, 6.45) is 0. The zero-order chi connectivity index (χ0) is 14.0. The molecule has 0 N–H and O–H groups in total. The summed E-state index contributed by atoms with van der Waals surface area (Å²) in [5, 5.41) is 0. The van der Waals surface area contributed by atoms with Crippen LogP contribution in [0.1, 0.15) is 13.8 Å². The first-order valence-corrected chi connectivity index (χ1v) is 6.27. The second kappa shape index (κ2) is 5.30. The van der Waals surface area contributed by atoms with Gasteiger partial charge in [-0.3, -0.25) is 9.59 Å². The second-order valence-electron chi connectivity index (χ2n) is 4.58. The molecular formula is C14H18N2O3. The quantitative estimate of drug-likeness (QED) is 0.806. The van der Waals surface area contributed by atoms with Gasteiger partial charge in [0.25, 0.3) is 0 Å². The molecule has 1 aromatic carbocycles. The number of methoxy groups -OCH3 is 1. The lowest BCUT2D eigenvalue weighted by Gasteiger charge is -2.38. The summed E-state index contributed by atoms with van der Waals surface area (Å²) in [6.45, 7) is 4.34. The topological polar surface area (TPSA) is 49.9 Å². The first-order chi connectivity index (χ1) is 9.04. The molecule has 0 saturated carbocycles. The fourth-order valence-electron chi connectivity index (χ4n) is 2.32. The Hall–Kier alpha value is -2.04. The highest BCUT2D eigenvalue weighted by Gasteiger charge is 2.33. The molecular weight excluding hydrogens is 244 g/mol. The third-order valence-corrected chi connectivity index (χ3v) is 3.44. The van der Waals surface area contributed by atoms with Gasteiger partial charge in [-0.1, -0.05) is 0 Å². The first-order valence-electron chi connectivity index (χ1n) is 6.27. The molecule has 1 heterocycles. The van der Waals surface area contributed by atoms with E-state index in [2.05, 4.69) is 0 Å². The lowest BCUT2D eigenvalue weighted by atomic mass is 10.1. The van der Waals surface area contributed by atoms with Gasteiger partial charge in [0.15, 0.2) is 0 Å². The van der Waals surface area contributed by atoms with E-state index in [4.69, 9.17) is 4.74 Å². The van der Waals surface area contributed by atoms with E-state index in [9.17, 15) is 9.59 Å². The summed E-state index contributed by atoms with van der Waals surface area (Å²) in [5.74, 6) is 0.647. The second-order valence-corrected chi connectivity index (χ2v) is 4.58. The summed E-state index contributed by atoms with van der Waals surface area (Å²) >= 11 is 0. The molecule has 0 radical (unpaired) electrons. The average molecular weight is 262 g/mol. The number of amides is 2. The van der Waals surface area contributed by atoms with Crippen LogP contribution in [0.4, 0.5) is 5.69 Å². The van der Waals surface area contributed by atoms with Gasteiger partial charge in [0, 0.05) is 25.7 Å². The lowest BCUT2D eigenvalue weighted by Crippen LogP contribution is -2.57. The van der Waals surface area contributed by atoms with Crippen molar-refractivity contribution < 1.29 is 14.3 Å². The van der Waals surface area contributed by atoms with Crippen LogP contribution in [0.15, 0.2) is 24.3 Å². The summed E-state index contributed by atoms with van der Waals surface area (Å²) in [7, 11) is 1.61. The van der Waals surface area contributed by atoms with Crippen LogP contribution in [0, 0.1) is 0 Å². The van der Waals surface area contributed by atoms with Gasteiger partial charge in [0.1, 0.15) is 11.8 Å². The molecule has 19 heavy (non-hydrogen) atoms. The van der Waals surface area contributed by atoms with Crippen molar-refractivity contribution in [1.29, 1.82) is 0 Å². The van der Waals surface area contributed by atoms with E-state index in [0.717, 1.165) is 11.4 Å². The van der Waals surface area contributed by atoms with E-state index in [1.807, 2.05) is 24.3 Å². The normalized spacial score (nSPS) is 19.5. The fraction of sp³-hybridized carbons (Fsp3) is 0.429. The molecule has 1 unspecified atom stereocenters.